The molecule has 2 aromatic rings. The highest BCUT2D eigenvalue weighted by atomic mass is 127. The van der Waals surface area contributed by atoms with Gasteiger partial charge in [0.2, 0.25) is 10.0 Å². The molecule has 3 N–H and O–H groups in total. The van der Waals surface area contributed by atoms with Gasteiger partial charge in [-0.25, -0.2) is 13.4 Å². The third kappa shape index (κ3) is 6.16. The summed E-state index contributed by atoms with van der Waals surface area (Å²) in [5.41, 5.74) is 6.62. The average molecular weight is 534 g/mol. The number of rotatable bonds is 7. The number of halogens is 1. The summed E-state index contributed by atoms with van der Waals surface area (Å²) in [4.78, 5) is 5.96. The van der Waals surface area contributed by atoms with Crippen molar-refractivity contribution in [3.63, 3.8) is 0 Å². The second kappa shape index (κ2) is 11.1. The van der Waals surface area contributed by atoms with Crippen molar-refractivity contribution in [3.8, 4) is 0 Å². The van der Waals surface area contributed by atoms with E-state index in [-0.39, 0.29) is 30.5 Å². The van der Waals surface area contributed by atoms with E-state index in [1.165, 1.54) is 4.88 Å². The predicted molar refractivity (Wildman–Crippen MR) is 126 cm³/mol. The van der Waals surface area contributed by atoms with Crippen molar-refractivity contribution in [3.05, 3.63) is 52.2 Å². The zero-order chi connectivity index (χ0) is 19.1. The second-order valence-electron chi connectivity index (χ2n) is 6.53. The molecule has 0 saturated carbocycles. The number of aliphatic imine (C=N–C) groups is 1. The van der Waals surface area contributed by atoms with Gasteiger partial charge in [-0.15, -0.1) is 35.3 Å². The number of piperidine rings is 1. The topological polar surface area (TPSA) is 87.8 Å². The number of nitrogens with two attached hydrogens (primary N) is 1. The van der Waals surface area contributed by atoms with Gasteiger partial charge in [-0.3, -0.25) is 0 Å². The first-order valence-electron chi connectivity index (χ1n) is 9.21. The van der Waals surface area contributed by atoms with Gasteiger partial charge in [-0.05, 0) is 42.3 Å². The van der Waals surface area contributed by atoms with Gasteiger partial charge in [0.15, 0.2) is 5.96 Å². The van der Waals surface area contributed by atoms with Gasteiger partial charge in [0.25, 0.3) is 0 Å². The molecule has 0 unspecified atom stereocenters. The molecule has 1 aliphatic rings. The summed E-state index contributed by atoms with van der Waals surface area (Å²) in [5.74, 6) is 0.330. The van der Waals surface area contributed by atoms with E-state index in [1.54, 1.807) is 33.8 Å². The Morgan fingerprint density at radius 2 is 1.89 bits per heavy atom. The van der Waals surface area contributed by atoms with Crippen LogP contribution in [0.4, 0.5) is 0 Å². The van der Waals surface area contributed by atoms with Crippen molar-refractivity contribution in [2.45, 2.75) is 37.1 Å². The highest BCUT2D eigenvalue weighted by Crippen LogP contribution is 2.24. The Hall–Kier alpha value is -1.17. The maximum atomic E-state index is 13.0. The maximum absolute atomic E-state index is 13.0. The first-order chi connectivity index (χ1) is 13.1. The fourth-order valence-corrected chi connectivity index (χ4v) is 5.57. The normalized spacial score (nSPS) is 15.8. The standard InChI is InChI=1S/C19H26N4O2S2.HI/c20-19(21-11-10-17-8-6-14-26-17)22-15-16-7-2-3-9-18(16)27(24,25)23-12-4-1-5-13-23;/h2-3,6-9,14H,1,4-5,10-13,15H2,(H3,20,21,22);1H. The minimum absolute atomic E-state index is 0. The lowest BCUT2D eigenvalue weighted by Gasteiger charge is -2.26. The second-order valence-corrected chi connectivity index (χ2v) is 9.47. The summed E-state index contributed by atoms with van der Waals surface area (Å²) in [6, 6.07) is 11.2. The summed E-state index contributed by atoms with van der Waals surface area (Å²) in [7, 11) is -3.48. The molecule has 0 spiro atoms. The van der Waals surface area contributed by atoms with Crippen molar-refractivity contribution >= 4 is 51.3 Å². The molecule has 1 aliphatic heterocycles. The Labute approximate surface area is 188 Å². The third-order valence-corrected chi connectivity index (χ3v) is 7.52. The monoisotopic (exact) mass is 534 g/mol. The van der Waals surface area contributed by atoms with Crippen molar-refractivity contribution in [2.75, 3.05) is 19.6 Å². The lowest BCUT2D eigenvalue weighted by atomic mass is 10.2. The zero-order valence-corrected chi connectivity index (χ0v) is 19.7. The molecule has 28 heavy (non-hydrogen) atoms. The van der Waals surface area contributed by atoms with Gasteiger partial charge in [0.05, 0.1) is 11.4 Å². The molecule has 6 nitrogen and oxygen atoms in total. The first kappa shape index (κ1) is 23.1. The number of hydrogen-bond acceptors (Lipinski definition) is 4. The van der Waals surface area contributed by atoms with E-state index < -0.39 is 10.0 Å². The van der Waals surface area contributed by atoms with Crippen LogP contribution >= 0.6 is 35.3 Å². The summed E-state index contributed by atoms with van der Waals surface area (Å²) in [5, 5.41) is 5.14. The van der Waals surface area contributed by atoms with Crippen molar-refractivity contribution in [2.24, 2.45) is 10.7 Å². The Bertz CT molecular complexity index is 864. The van der Waals surface area contributed by atoms with Crippen LogP contribution in [0.25, 0.3) is 0 Å². The molecule has 1 aromatic carbocycles. The van der Waals surface area contributed by atoms with Crippen LogP contribution in [0, 0.1) is 0 Å². The largest absolute Gasteiger partial charge is 0.370 e. The van der Waals surface area contributed by atoms with E-state index in [0.29, 0.717) is 36.1 Å². The van der Waals surface area contributed by atoms with E-state index in [2.05, 4.69) is 16.4 Å². The molecular weight excluding hydrogens is 507 g/mol. The van der Waals surface area contributed by atoms with Crippen molar-refractivity contribution in [1.82, 2.24) is 9.62 Å². The maximum Gasteiger partial charge on any atom is 0.243 e. The SMILES string of the molecule is I.NC(=NCc1ccccc1S(=O)(=O)N1CCCCC1)NCCc1cccs1. The fourth-order valence-electron chi connectivity index (χ4n) is 3.13. The number of guanidine groups is 1. The van der Waals surface area contributed by atoms with E-state index in [0.717, 1.165) is 25.7 Å². The van der Waals surface area contributed by atoms with Crippen LogP contribution in [0.15, 0.2) is 51.7 Å². The van der Waals surface area contributed by atoms with Gasteiger partial charge >= 0.3 is 0 Å². The van der Waals surface area contributed by atoms with E-state index in [1.807, 2.05) is 17.5 Å². The predicted octanol–water partition coefficient (Wildman–Crippen LogP) is 3.19. The highest BCUT2D eigenvalue weighted by molar-refractivity contribution is 14.0. The minimum Gasteiger partial charge on any atom is -0.370 e. The van der Waals surface area contributed by atoms with Crippen LogP contribution in [0.3, 0.4) is 0 Å². The van der Waals surface area contributed by atoms with Crippen molar-refractivity contribution in [1.29, 1.82) is 0 Å². The third-order valence-electron chi connectivity index (χ3n) is 4.58. The number of benzene rings is 1. The molecule has 154 valence electrons. The number of nitrogens with zero attached hydrogens (tertiary/aromatic N) is 2. The number of hydrogen-bond donors (Lipinski definition) is 2. The Morgan fingerprint density at radius 1 is 1.14 bits per heavy atom. The van der Waals surface area contributed by atoms with E-state index in [4.69, 9.17) is 5.73 Å². The fraction of sp³-hybridized carbons (Fsp3) is 0.421. The number of thiophene rings is 1. The molecule has 2 heterocycles. The number of sulfonamides is 1. The van der Waals surface area contributed by atoms with Crippen LogP contribution < -0.4 is 11.1 Å². The van der Waals surface area contributed by atoms with Gasteiger partial charge in [0.1, 0.15) is 0 Å². The quantitative estimate of drug-likeness (QED) is 0.325. The van der Waals surface area contributed by atoms with Crippen LogP contribution in [-0.4, -0.2) is 38.3 Å². The van der Waals surface area contributed by atoms with Crippen molar-refractivity contribution < 1.29 is 8.42 Å². The number of nitrogens with one attached hydrogen (secondary N) is 1. The molecule has 0 bridgehead atoms. The molecule has 0 atom stereocenters. The molecule has 0 aliphatic carbocycles. The zero-order valence-electron chi connectivity index (χ0n) is 15.7. The molecule has 1 aromatic heterocycles. The first-order valence-corrected chi connectivity index (χ1v) is 11.5. The smallest absolute Gasteiger partial charge is 0.243 e. The molecule has 9 heteroatoms. The van der Waals surface area contributed by atoms with Crippen LogP contribution in [0.2, 0.25) is 0 Å². The Kier molecular flexibility index (Phi) is 9.19. The molecule has 1 saturated heterocycles. The molecular formula is C19H27IN4O2S2. The van der Waals surface area contributed by atoms with Gasteiger partial charge in [-0.1, -0.05) is 30.7 Å². The van der Waals surface area contributed by atoms with Crippen LogP contribution in [0.5, 0.6) is 0 Å². The summed E-state index contributed by atoms with van der Waals surface area (Å²) >= 11 is 1.71. The summed E-state index contributed by atoms with van der Waals surface area (Å²) < 4.78 is 27.6. The summed E-state index contributed by atoms with van der Waals surface area (Å²) in [6.45, 7) is 2.11. The van der Waals surface area contributed by atoms with Gasteiger partial charge in [0, 0.05) is 24.5 Å². The Balaban J connectivity index is 0.00000280. The molecule has 3 rings (SSSR count). The van der Waals surface area contributed by atoms with Crippen LogP contribution in [-0.2, 0) is 23.0 Å². The van der Waals surface area contributed by atoms with Gasteiger partial charge in [-0.2, -0.15) is 4.31 Å². The lowest BCUT2D eigenvalue weighted by molar-refractivity contribution is 0.346. The molecule has 1 fully saturated rings. The lowest BCUT2D eigenvalue weighted by Crippen LogP contribution is -2.36. The van der Waals surface area contributed by atoms with E-state index >= 15 is 0 Å². The minimum atomic E-state index is -3.48. The van der Waals surface area contributed by atoms with Gasteiger partial charge < -0.3 is 11.1 Å². The average Bonchev–Trinajstić information content (AvgIpc) is 3.21. The molecule has 0 amide bonds. The van der Waals surface area contributed by atoms with E-state index in [9.17, 15) is 8.42 Å². The Morgan fingerprint density at radius 3 is 2.61 bits per heavy atom. The van der Waals surface area contributed by atoms with Crippen LogP contribution in [0.1, 0.15) is 29.7 Å². The highest BCUT2D eigenvalue weighted by Gasteiger charge is 2.27. The molecule has 0 radical (unpaired) electrons. The summed E-state index contributed by atoms with van der Waals surface area (Å²) in [6.07, 6.45) is 3.81.